The van der Waals surface area contributed by atoms with E-state index in [4.69, 9.17) is 18.5 Å². The van der Waals surface area contributed by atoms with Gasteiger partial charge in [0.1, 0.15) is 29.8 Å². The number of hydrogen-bond acceptors (Lipinski definition) is 11. The van der Waals surface area contributed by atoms with Crippen LogP contribution in [0.2, 0.25) is 0 Å². The molecule has 13 nitrogen and oxygen atoms in total. The highest BCUT2D eigenvalue weighted by molar-refractivity contribution is 7.52. The quantitative estimate of drug-likeness (QED) is 0.158. The average molecular weight is 631 g/mol. The van der Waals surface area contributed by atoms with Crippen LogP contribution >= 0.6 is 7.75 Å². The van der Waals surface area contributed by atoms with Gasteiger partial charge < -0.3 is 24.4 Å². The maximum absolute atomic E-state index is 16.2. The standard InChI is InChI=1S/C29H36FN6O7P/c1-16(2)41-27(38)17(3)35-44(39,43-21-13-9-11-19-10-7-8-12-20(19)21)40-14-22-24(37)29(5,30)28(42-22)36-15-32-23-25(31-6)33-18(4)34-26(23)36/h7-13,15-17,22,24,28,37H,14H2,1-6H3,(H,35,39)(H,31,33,34)/t17-,22-,24-,28-,29-,44-/m1/s1. The first kappa shape index (κ1) is 31.7. The molecule has 1 aliphatic rings. The molecular weight excluding hydrogens is 594 g/mol. The Morgan fingerprint density at radius 1 is 1.20 bits per heavy atom. The lowest BCUT2D eigenvalue weighted by molar-refractivity contribution is -0.149. The van der Waals surface area contributed by atoms with E-state index >= 15 is 4.39 Å². The number of carbonyl (C=O) groups is 1. The van der Waals surface area contributed by atoms with Crippen molar-refractivity contribution in [1.29, 1.82) is 0 Å². The van der Waals surface area contributed by atoms with Gasteiger partial charge in [0.15, 0.2) is 28.9 Å². The number of nitrogens with zero attached hydrogens (tertiary/aromatic N) is 4. The van der Waals surface area contributed by atoms with Gasteiger partial charge in [-0.05, 0) is 46.1 Å². The van der Waals surface area contributed by atoms with E-state index in [0.717, 1.165) is 5.39 Å². The maximum atomic E-state index is 16.2. The number of hydrogen-bond donors (Lipinski definition) is 3. The molecule has 1 aliphatic heterocycles. The van der Waals surface area contributed by atoms with Crippen molar-refractivity contribution in [3.05, 3.63) is 54.6 Å². The lowest BCUT2D eigenvalue weighted by Crippen LogP contribution is -2.41. The fourth-order valence-electron chi connectivity index (χ4n) is 5.01. The molecule has 0 radical (unpaired) electrons. The molecule has 3 N–H and O–H groups in total. The van der Waals surface area contributed by atoms with Gasteiger partial charge in [0.2, 0.25) is 0 Å². The summed E-state index contributed by atoms with van der Waals surface area (Å²) >= 11 is 0. The normalized spacial score (nSPS) is 24.0. The number of aliphatic hydroxyl groups excluding tert-OH is 1. The van der Waals surface area contributed by atoms with Gasteiger partial charge in [-0.2, -0.15) is 5.09 Å². The summed E-state index contributed by atoms with van der Waals surface area (Å²) in [5.74, 6) is 0.423. The summed E-state index contributed by atoms with van der Waals surface area (Å²) in [6, 6.07) is 11.4. The van der Waals surface area contributed by atoms with Crippen molar-refractivity contribution in [3.8, 4) is 5.75 Å². The van der Waals surface area contributed by atoms with E-state index in [1.54, 1.807) is 52.1 Å². The Bertz CT molecular complexity index is 1710. The zero-order chi connectivity index (χ0) is 31.8. The molecule has 0 aliphatic carbocycles. The number of anilines is 1. The Labute approximate surface area is 253 Å². The van der Waals surface area contributed by atoms with Crippen molar-refractivity contribution in [2.45, 2.75) is 70.9 Å². The molecule has 44 heavy (non-hydrogen) atoms. The molecule has 1 saturated heterocycles. The largest absolute Gasteiger partial charge is 0.462 e. The number of esters is 1. The Balaban J connectivity index is 1.42. The zero-order valence-corrected chi connectivity index (χ0v) is 26.1. The first-order chi connectivity index (χ1) is 20.8. The lowest BCUT2D eigenvalue weighted by atomic mass is 9.98. The number of aliphatic hydroxyl groups is 1. The van der Waals surface area contributed by atoms with Crippen molar-refractivity contribution < 1.29 is 37.4 Å². The zero-order valence-electron chi connectivity index (χ0n) is 25.2. The monoisotopic (exact) mass is 630 g/mol. The molecule has 2 aromatic carbocycles. The van der Waals surface area contributed by atoms with Crippen LogP contribution in [0.4, 0.5) is 10.2 Å². The minimum Gasteiger partial charge on any atom is -0.462 e. The van der Waals surface area contributed by atoms with Crippen LogP contribution in [0.5, 0.6) is 5.75 Å². The summed E-state index contributed by atoms with van der Waals surface area (Å²) in [7, 11) is -2.69. The van der Waals surface area contributed by atoms with Gasteiger partial charge >= 0.3 is 13.7 Å². The van der Waals surface area contributed by atoms with Gasteiger partial charge in [-0.1, -0.05) is 36.4 Å². The number of carbonyl (C=O) groups excluding carboxylic acids is 1. The van der Waals surface area contributed by atoms with E-state index in [-0.39, 0.29) is 5.75 Å². The van der Waals surface area contributed by atoms with Crippen molar-refractivity contribution in [2.75, 3.05) is 19.0 Å². The second-order valence-electron chi connectivity index (χ2n) is 11.0. The highest BCUT2D eigenvalue weighted by atomic mass is 31.2. The Morgan fingerprint density at radius 2 is 1.93 bits per heavy atom. The first-order valence-corrected chi connectivity index (χ1v) is 15.7. The fraction of sp³-hybridized carbons (Fsp3) is 0.448. The Hall–Kier alpha value is -3.68. The highest BCUT2D eigenvalue weighted by Crippen LogP contribution is 2.49. The number of rotatable bonds is 11. The summed E-state index contributed by atoms with van der Waals surface area (Å²) in [5, 5.41) is 18.1. The third-order valence-corrected chi connectivity index (χ3v) is 8.80. The molecule has 3 heterocycles. The van der Waals surface area contributed by atoms with Crippen molar-refractivity contribution in [3.63, 3.8) is 0 Å². The number of fused-ring (bicyclic) bond motifs is 2. The number of alkyl halides is 1. The van der Waals surface area contributed by atoms with Crippen LogP contribution in [0.3, 0.4) is 0 Å². The van der Waals surface area contributed by atoms with Crippen LogP contribution < -0.4 is 14.9 Å². The number of benzene rings is 2. The lowest BCUT2D eigenvalue weighted by Gasteiger charge is -2.26. The predicted octanol–water partition coefficient (Wildman–Crippen LogP) is 4.45. The number of ether oxygens (including phenoxy) is 2. The molecule has 4 aromatic rings. The molecule has 15 heteroatoms. The minimum absolute atomic E-state index is 0.227. The van der Waals surface area contributed by atoms with Gasteiger partial charge in [-0.3, -0.25) is 13.9 Å². The number of imidazole rings is 1. The second-order valence-corrected chi connectivity index (χ2v) is 12.7. The van der Waals surface area contributed by atoms with Crippen molar-refractivity contribution in [1.82, 2.24) is 24.6 Å². The van der Waals surface area contributed by atoms with E-state index < -0.39 is 56.6 Å². The Morgan fingerprint density at radius 3 is 2.66 bits per heavy atom. The summed E-state index contributed by atoms with van der Waals surface area (Å²) < 4.78 is 54.7. The molecular formula is C29H36FN6O7P. The summed E-state index contributed by atoms with van der Waals surface area (Å²) in [6.45, 7) is 7.15. The third kappa shape index (κ3) is 6.26. The molecule has 0 spiro atoms. The predicted molar refractivity (Wildman–Crippen MR) is 161 cm³/mol. The molecule has 0 bridgehead atoms. The van der Waals surface area contributed by atoms with Gasteiger partial charge in [0, 0.05) is 12.4 Å². The highest BCUT2D eigenvalue weighted by Gasteiger charge is 2.56. The average Bonchev–Trinajstić information content (AvgIpc) is 3.48. The number of halogens is 1. The van der Waals surface area contributed by atoms with Crippen molar-refractivity contribution >= 4 is 41.5 Å². The van der Waals surface area contributed by atoms with E-state index in [0.29, 0.717) is 28.2 Å². The summed E-state index contributed by atoms with van der Waals surface area (Å²) in [6.07, 6.45) is -3.41. The van der Waals surface area contributed by atoms with Crippen LogP contribution in [0.25, 0.3) is 21.9 Å². The molecule has 1 fully saturated rings. The van der Waals surface area contributed by atoms with Gasteiger partial charge in [-0.15, -0.1) is 0 Å². The number of nitrogens with one attached hydrogen (secondary N) is 2. The smallest absolute Gasteiger partial charge is 0.459 e. The Kier molecular flexibility index (Phi) is 8.92. The van der Waals surface area contributed by atoms with Gasteiger partial charge in [0.05, 0.1) is 19.0 Å². The van der Waals surface area contributed by atoms with Crippen molar-refractivity contribution in [2.24, 2.45) is 0 Å². The topological polar surface area (TPSA) is 159 Å². The van der Waals surface area contributed by atoms with E-state index in [1.807, 2.05) is 18.2 Å². The van der Waals surface area contributed by atoms with Crippen LogP contribution in [-0.2, 0) is 23.4 Å². The molecule has 0 saturated carbocycles. The maximum Gasteiger partial charge on any atom is 0.459 e. The SMILES string of the molecule is CNc1nc(C)nc2c1ncn2[C@@H]1O[C@H](CO[P@](=O)(N[C@H](C)C(=O)OC(C)C)Oc2cccc3ccccc23)[C@@H](O)[C@@]1(C)F. The molecule has 0 amide bonds. The fourth-order valence-corrected chi connectivity index (χ4v) is 6.53. The summed E-state index contributed by atoms with van der Waals surface area (Å²) in [5.41, 5.74) is -1.64. The van der Waals surface area contributed by atoms with Gasteiger partial charge in [0.25, 0.3) is 0 Å². The van der Waals surface area contributed by atoms with Crippen LogP contribution in [0.15, 0.2) is 48.8 Å². The second kappa shape index (κ2) is 12.4. The van der Waals surface area contributed by atoms with Crippen LogP contribution in [0, 0.1) is 6.92 Å². The molecule has 6 atom stereocenters. The molecule has 0 unspecified atom stereocenters. The minimum atomic E-state index is -4.37. The van der Waals surface area contributed by atoms with E-state index in [2.05, 4.69) is 25.4 Å². The molecule has 236 valence electrons. The number of aryl methyl sites for hydroxylation is 1. The number of aromatic nitrogens is 4. The third-order valence-electron chi connectivity index (χ3n) is 7.17. The van der Waals surface area contributed by atoms with Crippen LogP contribution in [-0.4, -0.2) is 74.3 Å². The van der Waals surface area contributed by atoms with Crippen LogP contribution in [0.1, 0.15) is 39.7 Å². The van der Waals surface area contributed by atoms with E-state index in [9.17, 15) is 14.5 Å². The molecule has 5 rings (SSSR count). The van der Waals surface area contributed by atoms with Gasteiger partial charge in [-0.25, -0.2) is 23.9 Å². The molecule has 2 aromatic heterocycles. The van der Waals surface area contributed by atoms with E-state index in [1.165, 1.54) is 24.7 Å². The first-order valence-electron chi connectivity index (χ1n) is 14.1. The summed E-state index contributed by atoms with van der Waals surface area (Å²) in [4.78, 5) is 25.6.